The van der Waals surface area contributed by atoms with E-state index >= 15 is 0 Å². The Hall–Kier alpha value is -1.03. The van der Waals surface area contributed by atoms with Gasteiger partial charge in [0, 0.05) is 24.8 Å². The fourth-order valence-electron chi connectivity index (χ4n) is 2.35. The van der Waals surface area contributed by atoms with Gasteiger partial charge in [-0.2, -0.15) is 5.10 Å². The Morgan fingerprint density at radius 2 is 2.24 bits per heavy atom. The first-order valence-corrected chi connectivity index (χ1v) is 6.46. The number of carbonyl (C=O) groups excluding carboxylic acids is 1. The van der Waals surface area contributed by atoms with E-state index in [0.29, 0.717) is 6.04 Å². The van der Waals surface area contributed by atoms with Crippen LogP contribution in [0.2, 0.25) is 0 Å². The van der Waals surface area contributed by atoms with E-state index in [1.807, 2.05) is 14.0 Å². The Labute approximate surface area is 106 Å². The Bertz CT molecular complexity index is 410. The summed E-state index contributed by atoms with van der Waals surface area (Å²) in [5.74, 6) is -0.102. The SMILES string of the molecule is Cc1nn(C)cc1C(Cl)C(=O)NC1CCCC1. The van der Waals surface area contributed by atoms with E-state index in [4.69, 9.17) is 11.6 Å². The van der Waals surface area contributed by atoms with Crippen LogP contribution < -0.4 is 5.32 Å². The number of nitrogens with one attached hydrogen (secondary N) is 1. The summed E-state index contributed by atoms with van der Waals surface area (Å²) in [6.45, 7) is 1.87. The molecule has 0 bridgehead atoms. The summed E-state index contributed by atoms with van der Waals surface area (Å²) in [6.07, 6.45) is 6.34. The number of aromatic nitrogens is 2. The summed E-state index contributed by atoms with van der Waals surface area (Å²) < 4.78 is 1.68. The number of amides is 1. The van der Waals surface area contributed by atoms with Gasteiger partial charge < -0.3 is 5.32 Å². The average molecular weight is 256 g/mol. The monoisotopic (exact) mass is 255 g/mol. The molecule has 17 heavy (non-hydrogen) atoms. The molecule has 94 valence electrons. The minimum Gasteiger partial charge on any atom is -0.352 e. The molecule has 4 nitrogen and oxygen atoms in total. The molecule has 0 saturated heterocycles. The number of rotatable bonds is 3. The third kappa shape index (κ3) is 2.80. The van der Waals surface area contributed by atoms with Crippen molar-refractivity contribution in [2.75, 3.05) is 0 Å². The molecule has 1 saturated carbocycles. The van der Waals surface area contributed by atoms with E-state index in [1.165, 1.54) is 12.8 Å². The van der Waals surface area contributed by atoms with E-state index in [1.54, 1.807) is 10.9 Å². The van der Waals surface area contributed by atoms with Crippen molar-refractivity contribution < 1.29 is 4.79 Å². The number of hydrogen-bond acceptors (Lipinski definition) is 2. The van der Waals surface area contributed by atoms with Crippen LogP contribution in [0, 0.1) is 6.92 Å². The van der Waals surface area contributed by atoms with Gasteiger partial charge in [-0.25, -0.2) is 0 Å². The number of carbonyl (C=O) groups is 1. The number of halogens is 1. The van der Waals surface area contributed by atoms with Crippen molar-refractivity contribution in [2.24, 2.45) is 7.05 Å². The van der Waals surface area contributed by atoms with Crippen molar-refractivity contribution in [3.05, 3.63) is 17.5 Å². The van der Waals surface area contributed by atoms with Gasteiger partial charge in [-0.05, 0) is 19.8 Å². The first kappa shape index (κ1) is 12.4. The van der Waals surface area contributed by atoms with Gasteiger partial charge in [0.2, 0.25) is 5.91 Å². The second-order valence-corrected chi connectivity index (χ2v) is 5.13. The Morgan fingerprint density at radius 1 is 1.59 bits per heavy atom. The molecular weight excluding hydrogens is 238 g/mol. The number of alkyl halides is 1. The highest BCUT2D eigenvalue weighted by Gasteiger charge is 2.25. The van der Waals surface area contributed by atoms with Crippen LogP contribution in [0.25, 0.3) is 0 Å². The molecule has 1 aromatic rings. The number of hydrogen-bond donors (Lipinski definition) is 1. The van der Waals surface area contributed by atoms with Crippen LogP contribution in [-0.2, 0) is 11.8 Å². The summed E-state index contributed by atoms with van der Waals surface area (Å²) in [5, 5.41) is 6.57. The van der Waals surface area contributed by atoms with Gasteiger partial charge in [0.05, 0.1) is 5.69 Å². The lowest BCUT2D eigenvalue weighted by Gasteiger charge is -2.14. The van der Waals surface area contributed by atoms with Gasteiger partial charge in [-0.15, -0.1) is 11.6 Å². The third-order valence-corrected chi connectivity index (χ3v) is 3.69. The minimum atomic E-state index is -0.635. The molecule has 2 rings (SSSR count). The Balaban J connectivity index is 2.01. The number of nitrogens with zero attached hydrogens (tertiary/aromatic N) is 2. The van der Waals surface area contributed by atoms with E-state index in [-0.39, 0.29) is 5.91 Å². The van der Waals surface area contributed by atoms with E-state index in [9.17, 15) is 4.79 Å². The van der Waals surface area contributed by atoms with Crippen molar-refractivity contribution in [3.8, 4) is 0 Å². The molecular formula is C12H18ClN3O. The fourth-order valence-corrected chi connectivity index (χ4v) is 2.63. The lowest BCUT2D eigenvalue weighted by Crippen LogP contribution is -2.35. The highest BCUT2D eigenvalue weighted by Crippen LogP contribution is 2.25. The van der Waals surface area contributed by atoms with Crippen molar-refractivity contribution in [2.45, 2.75) is 44.0 Å². The zero-order valence-corrected chi connectivity index (χ0v) is 11.0. The third-order valence-electron chi connectivity index (χ3n) is 3.26. The van der Waals surface area contributed by atoms with Crippen LogP contribution in [0.3, 0.4) is 0 Å². The predicted molar refractivity (Wildman–Crippen MR) is 66.9 cm³/mol. The average Bonchev–Trinajstić information content (AvgIpc) is 2.87. The zero-order valence-electron chi connectivity index (χ0n) is 10.2. The lowest BCUT2D eigenvalue weighted by atomic mass is 10.1. The molecule has 1 heterocycles. The summed E-state index contributed by atoms with van der Waals surface area (Å²) in [6, 6.07) is 0.306. The van der Waals surface area contributed by atoms with E-state index < -0.39 is 5.38 Å². The summed E-state index contributed by atoms with van der Waals surface area (Å²) in [7, 11) is 1.83. The molecule has 0 aromatic carbocycles. The maximum absolute atomic E-state index is 12.0. The summed E-state index contributed by atoms with van der Waals surface area (Å²) >= 11 is 6.19. The van der Waals surface area contributed by atoms with Crippen LogP contribution in [0.1, 0.15) is 42.3 Å². The Morgan fingerprint density at radius 3 is 2.76 bits per heavy atom. The topological polar surface area (TPSA) is 46.9 Å². The van der Waals surface area contributed by atoms with E-state index in [2.05, 4.69) is 10.4 Å². The van der Waals surface area contributed by atoms with Gasteiger partial charge in [0.25, 0.3) is 0 Å². The largest absolute Gasteiger partial charge is 0.352 e. The van der Waals surface area contributed by atoms with Gasteiger partial charge in [-0.3, -0.25) is 9.48 Å². The van der Waals surface area contributed by atoms with Crippen LogP contribution in [0.4, 0.5) is 0 Å². The molecule has 1 aliphatic rings. The second kappa shape index (κ2) is 5.08. The molecule has 5 heteroatoms. The van der Waals surface area contributed by atoms with Crippen molar-refractivity contribution in [1.29, 1.82) is 0 Å². The molecule has 0 aliphatic heterocycles. The molecule has 1 unspecified atom stereocenters. The van der Waals surface area contributed by atoms with Crippen LogP contribution in [-0.4, -0.2) is 21.7 Å². The highest BCUT2D eigenvalue weighted by molar-refractivity contribution is 6.30. The first-order valence-electron chi connectivity index (χ1n) is 6.02. The summed E-state index contributed by atoms with van der Waals surface area (Å²) in [5.41, 5.74) is 1.61. The van der Waals surface area contributed by atoms with Crippen molar-refractivity contribution in [3.63, 3.8) is 0 Å². The van der Waals surface area contributed by atoms with Gasteiger partial charge in [0.1, 0.15) is 5.38 Å². The van der Waals surface area contributed by atoms with Crippen LogP contribution >= 0.6 is 11.6 Å². The molecule has 1 fully saturated rings. The molecule has 1 aromatic heterocycles. The van der Waals surface area contributed by atoms with Gasteiger partial charge in [-0.1, -0.05) is 12.8 Å². The molecule has 1 amide bonds. The zero-order chi connectivity index (χ0) is 12.4. The van der Waals surface area contributed by atoms with Crippen molar-refractivity contribution in [1.82, 2.24) is 15.1 Å². The highest BCUT2D eigenvalue weighted by atomic mass is 35.5. The lowest BCUT2D eigenvalue weighted by molar-refractivity contribution is -0.121. The minimum absolute atomic E-state index is 0.102. The maximum Gasteiger partial charge on any atom is 0.242 e. The van der Waals surface area contributed by atoms with E-state index in [0.717, 1.165) is 24.1 Å². The second-order valence-electron chi connectivity index (χ2n) is 4.70. The smallest absolute Gasteiger partial charge is 0.242 e. The van der Waals surface area contributed by atoms with Crippen LogP contribution in [0.15, 0.2) is 6.20 Å². The maximum atomic E-state index is 12.0. The van der Waals surface area contributed by atoms with Crippen LogP contribution in [0.5, 0.6) is 0 Å². The quantitative estimate of drug-likeness (QED) is 0.841. The molecule has 1 aliphatic carbocycles. The molecule has 1 atom stereocenters. The predicted octanol–water partition coefficient (Wildman–Crippen LogP) is 2.07. The molecule has 0 radical (unpaired) electrons. The van der Waals surface area contributed by atoms with Gasteiger partial charge in [0.15, 0.2) is 0 Å². The first-order chi connectivity index (χ1) is 8.08. The van der Waals surface area contributed by atoms with Gasteiger partial charge >= 0.3 is 0 Å². The normalized spacial score (nSPS) is 18.3. The van der Waals surface area contributed by atoms with Crippen molar-refractivity contribution >= 4 is 17.5 Å². The number of aryl methyl sites for hydroxylation is 2. The fraction of sp³-hybridized carbons (Fsp3) is 0.667. The molecule has 1 N–H and O–H groups in total. The summed E-state index contributed by atoms with van der Waals surface area (Å²) in [4.78, 5) is 12.0. The Kier molecular flexibility index (Phi) is 3.72. The molecule has 0 spiro atoms. The standard InChI is InChI=1S/C12H18ClN3O/c1-8-10(7-16(2)15-8)11(13)12(17)14-9-5-3-4-6-9/h7,9,11H,3-6H2,1-2H3,(H,14,17).